The predicted octanol–water partition coefficient (Wildman–Crippen LogP) is 0.739. The Morgan fingerprint density at radius 2 is 1.95 bits per heavy atom. The number of rotatable bonds is 7. The molecule has 4 N–H and O–H groups in total. The molecule has 0 aliphatic rings. The Bertz CT molecular complexity index is 650. The van der Waals surface area contributed by atoms with Crippen LogP contribution in [0.5, 0.6) is 0 Å². The predicted molar refractivity (Wildman–Crippen MR) is 84.9 cm³/mol. The Labute approximate surface area is 127 Å². The second-order valence-electron chi connectivity index (χ2n) is 4.35. The van der Waals surface area contributed by atoms with E-state index in [0.717, 1.165) is 11.3 Å². The third-order valence-electron chi connectivity index (χ3n) is 2.86. The van der Waals surface area contributed by atoms with Crippen LogP contribution < -0.4 is 16.4 Å². The first-order chi connectivity index (χ1) is 9.73. The van der Waals surface area contributed by atoms with Gasteiger partial charge in [0.25, 0.3) is 5.91 Å². The van der Waals surface area contributed by atoms with Gasteiger partial charge in [-0.05, 0) is 0 Å². The molecule has 1 heterocycles. The average Bonchev–Trinajstić information content (AvgIpc) is 2.75. The summed E-state index contributed by atoms with van der Waals surface area (Å²) in [6, 6.07) is 0. The van der Waals surface area contributed by atoms with Gasteiger partial charge in [-0.1, -0.05) is 6.92 Å². The SMILES string of the molecule is CCS(=O)(=O)CCNc1sc(C(C)=O)c(N)c1C(=O)NC. The summed E-state index contributed by atoms with van der Waals surface area (Å²) in [6.07, 6.45) is 0. The summed E-state index contributed by atoms with van der Waals surface area (Å²) in [5.74, 6) is -0.652. The van der Waals surface area contributed by atoms with Gasteiger partial charge in [-0.15, -0.1) is 11.3 Å². The summed E-state index contributed by atoms with van der Waals surface area (Å²) < 4.78 is 22.9. The number of hydrogen-bond donors (Lipinski definition) is 3. The fourth-order valence-electron chi connectivity index (χ4n) is 1.64. The number of sulfone groups is 1. The minimum Gasteiger partial charge on any atom is -0.397 e. The van der Waals surface area contributed by atoms with Gasteiger partial charge in [0.15, 0.2) is 15.6 Å². The summed E-state index contributed by atoms with van der Waals surface area (Å²) in [7, 11) is -1.65. The van der Waals surface area contributed by atoms with E-state index >= 15 is 0 Å². The molecular weight excluding hydrogens is 314 g/mol. The number of amides is 1. The molecule has 1 amide bonds. The van der Waals surface area contributed by atoms with Crippen LogP contribution in [0.3, 0.4) is 0 Å². The molecule has 1 aromatic rings. The van der Waals surface area contributed by atoms with Crippen molar-refractivity contribution >= 4 is 43.6 Å². The van der Waals surface area contributed by atoms with E-state index in [1.54, 1.807) is 6.92 Å². The van der Waals surface area contributed by atoms with Gasteiger partial charge >= 0.3 is 0 Å². The minimum atomic E-state index is -3.10. The second kappa shape index (κ2) is 6.90. The molecule has 0 saturated carbocycles. The number of anilines is 2. The lowest BCUT2D eigenvalue weighted by atomic mass is 10.2. The van der Waals surface area contributed by atoms with E-state index in [9.17, 15) is 18.0 Å². The van der Waals surface area contributed by atoms with Crippen LogP contribution in [0.25, 0.3) is 0 Å². The fourth-order valence-corrected chi connectivity index (χ4v) is 3.39. The lowest BCUT2D eigenvalue weighted by molar-refractivity contribution is 0.0965. The summed E-state index contributed by atoms with van der Waals surface area (Å²) in [5, 5.41) is 5.74. The van der Waals surface area contributed by atoms with E-state index in [1.807, 2.05) is 0 Å². The van der Waals surface area contributed by atoms with E-state index in [0.29, 0.717) is 5.00 Å². The Morgan fingerprint density at radius 1 is 1.33 bits per heavy atom. The number of carbonyl (C=O) groups excluding carboxylic acids is 2. The summed E-state index contributed by atoms with van der Waals surface area (Å²) >= 11 is 1.05. The van der Waals surface area contributed by atoms with Crippen molar-refractivity contribution in [2.45, 2.75) is 13.8 Å². The summed E-state index contributed by atoms with van der Waals surface area (Å²) in [4.78, 5) is 23.6. The first-order valence-electron chi connectivity index (χ1n) is 6.33. The highest BCUT2D eigenvalue weighted by Gasteiger charge is 2.23. The van der Waals surface area contributed by atoms with Crippen LogP contribution in [-0.4, -0.2) is 45.2 Å². The normalized spacial score (nSPS) is 11.2. The zero-order valence-corrected chi connectivity index (χ0v) is 13.8. The standard InChI is InChI=1S/C12H19N3O4S2/c1-4-21(18,19)6-5-15-12-8(11(17)14-3)9(13)10(20-12)7(2)16/h15H,4-6,13H2,1-3H3,(H,14,17). The number of nitrogens with one attached hydrogen (secondary N) is 2. The van der Waals surface area contributed by atoms with Crippen molar-refractivity contribution in [1.82, 2.24) is 5.32 Å². The largest absolute Gasteiger partial charge is 0.397 e. The lowest BCUT2D eigenvalue weighted by Gasteiger charge is -2.07. The molecule has 0 aliphatic carbocycles. The zero-order valence-electron chi connectivity index (χ0n) is 12.1. The van der Waals surface area contributed by atoms with Crippen LogP contribution in [-0.2, 0) is 9.84 Å². The van der Waals surface area contributed by atoms with Crippen molar-refractivity contribution in [3.05, 3.63) is 10.4 Å². The van der Waals surface area contributed by atoms with Crippen LogP contribution in [0.4, 0.5) is 10.7 Å². The van der Waals surface area contributed by atoms with Crippen molar-refractivity contribution in [1.29, 1.82) is 0 Å². The quantitative estimate of drug-likeness (QED) is 0.633. The van der Waals surface area contributed by atoms with Crippen LogP contribution in [0.2, 0.25) is 0 Å². The Kier molecular flexibility index (Phi) is 5.73. The molecule has 9 heteroatoms. The number of carbonyl (C=O) groups is 2. The molecule has 118 valence electrons. The molecular formula is C12H19N3O4S2. The van der Waals surface area contributed by atoms with Crippen molar-refractivity contribution in [2.24, 2.45) is 0 Å². The fraction of sp³-hybridized carbons (Fsp3) is 0.500. The number of nitrogens with two attached hydrogens (primary N) is 1. The third-order valence-corrected chi connectivity index (χ3v) is 5.83. The zero-order chi connectivity index (χ0) is 16.2. The van der Waals surface area contributed by atoms with Crippen LogP contribution in [0.1, 0.15) is 33.9 Å². The third kappa shape index (κ3) is 4.18. The minimum absolute atomic E-state index is 0.0517. The molecule has 0 fully saturated rings. The molecule has 0 aromatic carbocycles. The first kappa shape index (κ1) is 17.4. The number of hydrogen-bond acceptors (Lipinski definition) is 7. The van der Waals surface area contributed by atoms with Gasteiger partial charge in [-0.25, -0.2) is 8.42 Å². The Morgan fingerprint density at radius 3 is 2.43 bits per heavy atom. The van der Waals surface area contributed by atoms with Crippen LogP contribution in [0, 0.1) is 0 Å². The first-order valence-corrected chi connectivity index (χ1v) is 8.96. The molecule has 21 heavy (non-hydrogen) atoms. The van der Waals surface area contributed by atoms with Crippen molar-refractivity contribution < 1.29 is 18.0 Å². The highest BCUT2D eigenvalue weighted by Crippen LogP contribution is 2.35. The Balaban J connectivity index is 3.03. The van der Waals surface area contributed by atoms with Gasteiger partial charge in [0.05, 0.1) is 21.9 Å². The van der Waals surface area contributed by atoms with Gasteiger partial charge in [0.1, 0.15) is 5.00 Å². The van der Waals surface area contributed by atoms with Crippen molar-refractivity contribution in [2.75, 3.05) is 36.1 Å². The van der Waals surface area contributed by atoms with E-state index < -0.39 is 15.7 Å². The van der Waals surface area contributed by atoms with Gasteiger partial charge in [-0.2, -0.15) is 0 Å². The summed E-state index contributed by atoms with van der Waals surface area (Å²) in [5.41, 5.74) is 6.14. The molecule has 0 spiro atoms. The monoisotopic (exact) mass is 333 g/mol. The number of nitrogen functional groups attached to an aromatic ring is 1. The van der Waals surface area contributed by atoms with E-state index in [4.69, 9.17) is 5.73 Å². The van der Waals surface area contributed by atoms with Gasteiger partial charge in [0, 0.05) is 26.3 Å². The van der Waals surface area contributed by atoms with Crippen molar-refractivity contribution in [3.8, 4) is 0 Å². The summed E-state index contributed by atoms with van der Waals surface area (Å²) in [6.45, 7) is 3.08. The molecule has 0 radical (unpaired) electrons. The lowest BCUT2D eigenvalue weighted by Crippen LogP contribution is -2.22. The molecule has 0 unspecified atom stereocenters. The number of Topliss-reactive ketones (excluding diaryl/α,β-unsaturated/α-hetero) is 1. The highest BCUT2D eigenvalue weighted by molar-refractivity contribution is 7.91. The van der Waals surface area contributed by atoms with Gasteiger partial charge < -0.3 is 16.4 Å². The van der Waals surface area contributed by atoms with Crippen LogP contribution >= 0.6 is 11.3 Å². The van der Waals surface area contributed by atoms with Gasteiger partial charge in [-0.3, -0.25) is 9.59 Å². The molecule has 0 aliphatic heterocycles. The molecule has 1 aromatic heterocycles. The Hall–Kier alpha value is -1.61. The maximum atomic E-state index is 11.9. The topological polar surface area (TPSA) is 118 Å². The number of ketones is 1. The highest BCUT2D eigenvalue weighted by atomic mass is 32.2. The van der Waals surface area contributed by atoms with Crippen LogP contribution in [0.15, 0.2) is 0 Å². The van der Waals surface area contributed by atoms with Crippen molar-refractivity contribution in [3.63, 3.8) is 0 Å². The second-order valence-corrected chi connectivity index (χ2v) is 7.84. The molecule has 0 bridgehead atoms. The maximum Gasteiger partial charge on any atom is 0.256 e. The molecule has 0 saturated heterocycles. The van der Waals surface area contributed by atoms with Gasteiger partial charge in [0.2, 0.25) is 0 Å². The van der Waals surface area contributed by atoms with E-state index in [2.05, 4.69) is 10.6 Å². The molecule has 1 rings (SSSR count). The van der Waals surface area contributed by atoms with E-state index in [1.165, 1.54) is 14.0 Å². The maximum absolute atomic E-state index is 11.9. The smallest absolute Gasteiger partial charge is 0.256 e. The molecule has 0 atom stereocenters. The average molecular weight is 333 g/mol. The van der Waals surface area contributed by atoms with E-state index in [-0.39, 0.29) is 40.0 Å². The number of thiophene rings is 1. The molecule has 7 nitrogen and oxygen atoms in total.